The monoisotopic (exact) mass is 553 g/mol. The fourth-order valence-corrected chi connectivity index (χ4v) is 6.61. The van der Waals surface area contributed by atoms with Crippen LogP contribution in [0.1, 0.15) is 6.23 Å². The standard InChI is InChI=1S/C24H20N5O7PS/c30-18-19-16(12-34-37(32,33)36-19)35-22(18)29-20-17(26-24(29)38-14-9-5-2-6-10-14)21(31)28-11-15(25-23(28)27-20)13-7-3-1-4-8-13/h1-11,16,18-19,22,30H,12H2,(H,25,27)(H,32,33)/t16-,18-,19-,22-/m1/s1. The zero-order chi connectivity index (χ0) is 26.0. The van der Waals surface area contributed by atoms with Crippen molar-refractivity contribution < 1.29 is 28.3 Å². The Bertz CT molecular complexity index is 1770. The minimum Gasteiger partial charge on any atom is -0.386 e. The van der Waals surface area contributed by atoms with E-state index in [1.54, 1.807) is 6.20 Å². The molecule has 2 aliphatic heterocycles. The average Bonchev–Trinajstić information content (AvgIpc) is 3.59. The molecule has 0 aliphatic carbocycles. The smallest absolute Gasteiger partial charge is 0.386 e. The molecule has 1 unspecified atom stereocenters. The highest BCUT2D eigenvalue weighted by atomic mass is 32.2. The lowest BCUT2D eigenvalue weighted by Crippen LogP contribution is -2.39. The number of H-pyrrole nitrogens is 1. The van der Waals surface area contributed by atoms with Gasteiger partial charge in [0.25, 0.3) is 5.56 Å². The quantitative estimate of drug-likeness (QED) is 0.283. The number of phosphoric ester groups is 1. The topological polar surface area (TPSA) is 153 Å². The molecule has 0 saturated carbocycles. The van der Waals surface area contributed by atoms with Crippen molar-refractivity contribution in [2.24, 2.45) is 0 Å². The van der Waals surface area contributed by atoms with Crippen molar-refractivity contribution in [3.8, 4) is 11.3 Å². The maximum atomic E-state index is 13.6. The van der Waals surface area contributed by atoms with Crippen molar-refractivity contribution in [3.05, 3.63) is 77.2 Å². The van der Waals surface area contributed by atoms with Gasteiger partial charge in [0.05, 0.1) is 12.3 Å². The number of nitrogens with one attached hydrogen (secondary N) is 1. The predicted octanol–water partition coefficient (Wildman–Crippen LogP) is 2.96. The zero-order valence-corrected chi connectivity index (χ0v) is 21.2. The van der Waals surface area contributed by atoms with Crippen LogP contribution in [0, 0.1) is 0 Å². The first kappa shape index (κ1) is 23.8. The molecule has 0 spiro atoms. The van der Waals surface area contributed by atoms with Crippen molar-refractivity contribution >= 4 is 36.5 Å². The van der Waals surface area contributed by atoms with Crippen LogP contribution < -0.4 is 5.56 Å². The Labute approximate surface area is 218 Å². The first-order valence-corrected chi connectivity index (χ1v) is 14.0. The summed E-state index contributed by atoms with van der Waals surface area (Å²) in [6.07, 6.45) is -2.73. The van der Waals surface area contributed by atoms with E-state index in [1.807, 2.05) is 60.7 Å². The molecule has 2 aromatic carbocycles. The van der Waals surface area contributed by atoms with Crippen LogP contribution in [-0.2, 0) is 18.3 Å². The fraction of sp³-hybridized carbons (Fsp3) is 0.208. The number of nitrogens with zero attached hydrogens (tertiary/aromatic N) is 4. The van der Waals surface area contributed by atoms with Gasteiger partial charge >= 0.3 is 7.82 Å². The normalized spacial score (nSPS) is 27.2. The second-order valence-corrected chi connectivity index (χ2v) is 11.3. The van der Waals surface area contributed by atoms with E-state index in [-0.39, 0.29) is 23.5 Å². The van der Waals surface area contributed by atoms with E-state index in [0.29, 0.717) is 10.9 Å². The molecule has 0 radical (unpaired) electrons. The van der Waals surface area contributed by atoms with Crippen molar-refractivity contribution in [1.82, 2.24) is 23.9 Å². The van der Waals surface area contributed by atoms with Crippen LogP contribution in [0.5, 0.6) is 0 Å². The van der Waals surface area contributed by atoms with Crippen LogP contribution in [0.4, 0.5) is 0 Å². The van der Waals surface area contributed by atoms with Gasteiger partial charge in [0.1, 0.15) is 18.3 Å². The Balaban J connectivity index is 1.40. The molecular formula is C24H20N5O7PS. The molecule has 38 heavy (non-hydrogen) atoms. The van der Waals surface area contributed by atoms with Gasteiger partial charge in [-0.05, 0) is 17.7 Å². The lowest BCUT2D eigenvalue weighted by Gasteiger charge is -2.27. The van der Waals surface area contributed by atoms with Crippen molar-refractivity contribution in [3.63, 3.8) is 0 Å². The van der Waals surface area contributed by atoms with E-state index in [9.17, 15) is 19.4 Å². The van der Waals surface area contributed by atoms with Crippen molar-refractivity contribution in [2.75, 3.05) is 6.61 Å². The Kier molecular flexibility index (Phi) is 5.57. The fourth-order valence-electron chi connectivity index (χ4n) is 4.72. The minimum absolute atomic E-state index is 0.0789. The number of hydrogen-bond acceptors (Lipinski definition) is 9. The van der Waals surface area contributed by atoms with Gasteiger partial charge in [-0.25, -0.2) is 13.9 Å². The third kappa shape index (κ3) is 3.91. The zero-order valence-electron chi connectivity index (χ0n) is 19.4. The van der Waals surface area contributed by atoms with Crippen LogP contribution in [0.25, 0.3) is 28.2 Å². The summed E-state index contributed by atoms with van der Waals surface area (Å²) in [6.45, 7) is -0.239. The highest BCUT2D eigenvalue weighted by Gasteiger charge is 2.53. The molecule has 3 aromatic heterocycles. The van der Waals surface area contributed by atoms with E-state index in [1.165, 1.54) is 20.7 Å². The molecule has 2 saturated heterocycles. The van der Waals surface area contributed by atoms with Gasteiger partial charge in [-0.15, -0.1) is 0 Å². The van der Waals surface area contributed by atoms with Crippen molar-refractivity contribution in [1.29, 1.82) is 0 Å². The molecule has 2 aliphatic rings. The molecule has 0 amide bonds. The maximum Gasteiger partial charge on any atom is 0.472 e. The van der Waals surface area contributed by atoms with Gasteiger partial charge in [0, 0.05) is 11.1 Å². The molecular weight excluding hydrogens is 533 g/mol. The van der Waals surface area contributed by atoms with Crippen molar-refractivity contribution in [2.45, 2.75) is 34.6 Å². The largest absolute Gasteiger partial charge is 0.472 e. The van der Waals surface area contributed by atoms with E-state index in [2.05, 4.69) is 9.97 Å². The molecule has 14 heteroatoms. The summed E-state index contributed by atoms with van der Waals surface area (Å²) in [7, 11) is -4.32. The molecule has 12 nitrogen and oxygen atoms in total. The average molecular weight is 553 g/mol. The Morgan fingerprint density at radius 3 is 2.58 bits per heavy atom. The number of phosphoric acid groups is 1. The minimum atomic E-state index is -4.32. The summed E-state index contributed by atoms with van der Waals surface area (Å²) in [5.41, 5.74) is 1.44. The molecule has 194 valence electrons. The second kappa shape index (κ2) is 8.89. The molecule has 7 rings (SSSR count). The van der Waals surface area contributed by atoms with Gasteiger partial charge in [-0.1, -0.05) is 60.3 Å². The number of fused-ring (bicyclic) bond motifs is 3. The van der Waals surface area contributed by atoms with E-state index >= 15 is 0 Å². The van der Waals surface area contributed by atoms with Crippen LogP contribution in [0.2, 0.25) is 0 Å². The number of imidazole rings is 2. The first-order chi connectivity index (χ1) is 18.4. The molecule has 0 bridgehead atoms. The first-order valence-electron chi connectivity index (χ1n) is 11.7. The van der Waals surface area contributed by atoms with Crippen LogP contribution in [0.3, 0.4) is 0 Å². The van der Waals surface area contributed by atoms with Crippen LogP contribution in [-0.4, -0.2) is 58.8 Å². The number of rotatable bonds is 4. The number of aliphatic hydroxyl groups is 1. The van der Waals surface area contributed by atoms with Gasteiger partial charge < -0.3 is 19.7 Å². The maximum absolute atomic E-state index is 13.6. The van der Waals surface area contributed by atoms with Crippen LogP contribution >= 0.6 is 19.6 Å². The van der Waals surface area contributed by atoms with E-state index in [4.69, 9.17) is 18.8 Å². The summed E-state index contributed by atoms with van der Waals surface area (Å²) in [4.78, 5) is 36.7. The molecule has 3 N–H and O–H groups in total. The van der Waals surface area contributed by atoms with Gasteiger partial charge in [-0.3, -0.25) is 18.4 Å². The lowest BCUT2D eigenvalue weighted by molar-refractivity contribution is -0.0684. The third-order valence-electron chi connectivity index (χ3n) is 6.48. The van der Waals surface area contributed by atoms with Crippen LogP contribution in [0.15, 0.2) is 81.7 Å². The Morgan fingerprint density at radius 2 is 1.82 bits per heavy atom. The number of aromatic amines is 1. The molecule has 5 heterocycles. The highest BCUT2D eigenvalue weighted by molar-refractivity contribution is 7.99. The summed E-state index contributed by atoms with van der Waals surface area (Å²) in [5.74, 6) is 0.281. The van der Waals surface area contributed by atoms with Gasteiger partial charge in [-0.2, -0.15) is 4.98 Å². The summed E-state index contributed by atoms with van der Waals surface area (Å²) in [5, 5.41) is 11.5. The summed E-state index contributed by atoms with van der Waals surface area (Å²) >= 11 is 1.27. The SMILES string of the molecule is O=c1c2nc(Sc3ccccc3)n([C@@H]3O[C@@H]4COP(=O)(O)O[C@H]4[C@H]3O)c2nc2[nH]c(-c3ccccc3)cn12. The number of benzene rings is 2. The molecule has 5 aromatic rings. The summed E-state index contributed by atoms with van der Waals surface area (Å²) < 4.78 is 31.0. The molecule has 2 fully saturated rings. The number of ether oxygens (including phenoxy) is 1. The Morgan fingerprint density at radius 1 is 1.08 bits per heavy atom. The predicted molar refractivity (Wildman–Crippen MR) is 136 cm³/mol. The number of aromatic nitrogens is 5. The lowest BCUT2D eigenvalue weighted by atomic mass is 10.1. The number of aliphatic hydroxyl groups excluding tert-OH is 1. The highest BCUT2D eigenvalue weighted by Crippen LogP contribution is 2.53. The molecule has 5 atom stereocenters. The van der Waals surface area contributed by atoms with E-state index in [0.717, 1.165) is 10.5 Å². The third-order valence-corrected chi connectivity index (χ3v) is 8.44. The number of hydrogen-bond donors (Lipinski definition) is 3. The van der Waals surface area contributed by atoms with E-state index < -0.39 is 37.9 Å². The second-order valence-electron chi connectivity index (χ2n) is 8.89. The van der Waals surface area contributed by atoms with Gasteiger partial charge in [0.2, 0.25) is 5.78 Å². The summed E-state index contributed by atoms with van der Waals surface area (Å²) in [6, 6.07) is 18.9. The Hall–Kier alpha value is -3.29. The van der Waals surface area contributed by atoms with Gasteiger partial charge in [0.15, 0.2) is 22.5 Å².